The fourth-order valence-electron chi connectivity index (χ4n) is 3.30. The first-order valence-electron chi connectivity index (χ1n) is 8.33. The molecule has 24 heavy (non-hydrogen) atoms. The molecule has 1 N–H and O–H groups in total. The highest BCUT2D eigenvalue weighted by Gasteiger charge is 2.22. The zero-order valence-electron chi connectivity index (χ0n) is 13.5. The number of rotatable bonds is 3. The Bertz CT molecular complexity index is 709. The summed E-state index contributed by atoms with van der Waals surface area (Å²) in [5.74, 6) is -0.492. The molecule has 0 saturated carbocycles. The summed E-state index contributed by atoms with van der Waals surface area (Å²) in [5.41, 5.74) is 2.10. The molecule has 1 atom stereocenters. The Morgan fingerprint density at radius 2 is 1.54 bits per heavy atom. The van der Waals surface area contributed by atoms with Crippen molar-refractivity contribution in [2.45, 2.75) is 25.2 Å². The molecule has 124 valence electrons. The molecule has 1 saturated heterocycles. The Morgan fingerprint density at radius 3 is 2.21 bits per heavy atom. The highest BCUT2D eigenvalue weighted by molar-refractivity contribution is 5.95. The second kappa shape index (κ2) is 7.30. The van der Waals surface area contributed by atoms with E-state index in [1.807, 2.05) is 11.0 Å². The summed E-state index contributed by atoms with van der Waals surface area (Å²) >= 11 is 0. The van der Waals surface area contributed by atoms with Gasteiger partial charge in [0.1, 0.15) is 0 Å². The molecule has 4 heteroatoms. The van der Waals surface area contributed by atoms with E-state index in [-0.39, 0.29) is 11.5 Å². The number of amides is 1. The second-order valence-corrected chi connectivity index (χ2v) is 6.21. The maximum atomic E-state index is 12.7. The third-order valence-electron chi connectivity index (χ3n) is 4.67. The van der Waals surface area contributed by atoms with Crippen molar-refractivity contribution in [1.82, 2.24) is 4.90 Å². The SMILES string of the molecule is O=C(O)c1ccc(C(=O)N2CCCC(c3ccccc3)CC2)cc1. The van der Waals surface area contributed by atoms with E-state index in [0.717, 1.165) is 32.4 Å². The molecule has 0 radical (unpaired) electrons. The number of likely N-dealkylation sites (tertiary alicyclic amines) is 1. The molecule has 0 spiro atoms. The molecule has 0 aromatic heterocycles. The number of carboxylic acid groups (broad SMARTS) is 1. The summed E-state index contributed by atoms with van der Waals surface area (Å²) in [6, 6.07) is 16.6. The summed E-state index contributed by atoms with van der Waals surface area (Å²) in [6.07, 6.45) is 3.03. The van der Waals surface area contributed by atoms with Crippen LogP contribution < -0.4 is 0 Å². The van der Waals surface area contributed by atoms with Crippen LogP contribution in [0.5, 0.6) is 0 Å². The van der Waals surface area contributed by atoms with Gasteiger partial charge in [0.25, 0.3) is 5.91 Å². The fourth-order valence-corrected chi connectivity index (χ4v) is 3.30. The van der Waals surface area contributed by atoms with Crippen LogP contribution in [0.15, 0.2) is 54.6 Å². The lowest BCUT2D eigenvalue weighted by Gasteiger charge is -2.21. The van der Waals surface area contributed by atoms with Crippen molar-refractivity contribution >= 4 is 11.9 Å². The lowest BCUT2D eigenvalue weighted by atomic mass is 9.92. The van der Waals surface area contributed by atoms with Crippen LogP contribution in [0.2, 0.25) is 0 Å². The van der Waals surface area contributed by atoms with E-state index in [1.165, 1.54) is 17.7 Å². The molecule has 2 aromatic rings. The molecule has 0 bridgehead atoms. The number of carbonyl (C=O) groups is 2. The maximum Gasteiger partial charge on any atom is 0.335 e. The van der Waals surface area contributed by atoms with Gasteiger partial charge < -0.3 is 10.0 Å². The Balaban J connectivity index is 1.67. The Morgan fingerprint density at radius 1 is 0.875 bits per heavy atom. The Hall–Kier alpha value is -2.62. The van der Waals surface area contributed by atoms with Gasteiger partial charge in [-0.3, -0.25) is 4.79 Å². The van der Waals surface area contributed by atoms with Gasteiger partial charge in [-0.05, 0) is 55.0 Å². The van der Waals surface area contributed by atoms with Crippen molar-refractivity contribution in [3.05, 3.63) is 71.3 Å². The highest BCUT2D eigenvalue weighted by Crippen LogP contribution is 2.28. The van der Waals surface area contributed by atoms with Gasteiger partial charge in [-0.25, -0.2) is 4.79 Å². The van der Waals surface area contributed by atoms with Gasteiger partial charge in [0.15, 0.2) is 0 Å². The Kier molecular flexibility index (Phi) is 4.94. The van der Waals surface area contributed by atoms with Gasteiger partial charge in [-0.1, -0.05) is 30.3 Å². The lowest BCUT2D eigenvalue weighted by Crippen LogP contribution is -2.32. The van der Waals surface area contributed by atoms with Crippen LogP contribution in [-0.2, 0) is 0 Å². The molecular weight excluding hydrogens is 302 g/mol. The van der Waals surface area contributed by atoms with Crippen molar-refractivity contribution in [3.8, 4) is 0 Å². The van der Waals surface area contributed by atoms with Gasteiger partial charge in [-0.15, -0.1) is 0 Å². The molecule has 1 amide bonds. The van der Waals surface area contributed by atoms with Gasteiger partial charge in [-0.2, -0.15) is 0 Å². The molecule has 2 aromatic carbocycles. The van der Waals surface area contributed by atoms with Crippen LogP contribution in [0, 0.1) is 0 Å². The number of benzene rings is 2. The van der Waals surface area contributed by atoms with Gasteiger partial charge in [0.05, 0.1) is 5.56 Å². The van der Waals surface area contributed by atoms with Crippen molar-refractivity contribution in [3.63, 3.8) is 0 Å². The fraction of sp³-hybridized carbons (Fsp3) is 0.300. The van der Waals surface area contributed by atoms with Crippen molar-refractivity contribution in [2.24, 2.45) is 0 Å². The number of hydrogen-bond acceptors (Lipinski definition) is 2. The number of nitrogens with zero attached hydrogens (tertiary/aromatic N) is 1. The summed E-state index contributed by atoms with van der Waals surface area (Å²) < 4.78 is 0. The Labute approximate surface area is 141 Å². The first kappa shape index (κ1) is 16.2. The van der Waals surface area contributed by atoms with Crippen LogP contribution in [-0.4, -0.2) is 35.0 Å². The van der Waals surface area contributed by atoms with Gasteiger partial charge in [0.2, 0.25) is 0 Å². The zero-order valence-corrected chi connectivity index (χ0v) is 13.5. The molecule has 0 aliphatic carbocycles. The highest BCUT2D eigenvalue weighted by atomic mass is 16.4. The molecule has 1 fully saturated rings. The van der Waals surface area contributed by atoms with Crippen molar-refractivity contribution in [1.29, 1.82) is 0 Å². The van der Waals surface area contributed by atoms with Crippen molar-refractivity contribution < 1.29 is 14.7 Å². The predicted octanol–water partition coefficient (Wildman–Crippen LogP) is 3.79. The number of aromatic carboxylic acids is 1. The van der Waals surface area contributed by atoms with E-state index < -0.39 is 5.97 Å². The number of hydrogen-bond donors (Lipinski definition) is 1. The molecular formula is C20H21NO3. The molecule has 1 heterocycles. The van der Waals surface area contributed by atoms with Gasteiger partial charge in [0, 0.05) is 18.7 Å². The monoisotopic (exact) mass is 323 g/mol. The van der Waals surface area contributed by atoms with E-state index in [2.05, 4.69) is 24.3 Å². The summed E-state index contributed by atoms with van der Waals surface area (Å²) in [5, 5.41) is 8.94. The minimum Gasteiger partial charge on any atom is -0.478 e. The largest absolute Gasteiger partial charge is 0.478 e. The van der Waals surface area contributed by atoms with Gasteiger partial charge >= 0.3 is 5.97 Å². The molecule has 1 aliphatic rings. The average Bonchev–Trinajstić information content (AvgIpc) is 2.88. The van der Waals surface area contributed by atoms with E-state index in [9.17, 15) is 9.59 Å². The van der Waals surface area contributed by atoms with Crippen LogP contribution in [0.25, 0.3) is 0 Å². The third kappa shape index (κ3) is 3.65. The number of carboxylic acids is 1. The minimum absolute atomic E-state index is 0.0133. The summed E-state index contributed by atoms with van der Waals surface area (Å²) in [6.45, 7) is 1.49. The number of carbonyl (C=O) groups excluding carboxylic acids is 1. The first-order chi connectivity index (χ1) is 11.6. The van der Waals surface area contributed by atoms with Crippen molar-refractivity contribution in [2.75, 3.05) is 13.1 Å². The first-order valence-corrected chi connectivity index (χ1v) is 8.33. The lowest BCUT2D eigenvalue weighted by molar-refractivity contribution is 0.0694. The molecule has 3 rings (SSSR count). The van der Waals surface area contributed by atoms with E-state index in [0.29, 0.717) is 11.5 Å². The second-order valence-electron chi connectivity index (χ2n) is 6.21. The standard InChI is InChI=1S/C20H21NO3/c22-19(17-8-10-18(11-9-17)20(23)24)21-13-4-7-16(12-14-21)15-5-2-1-3-6-15/h1-3,5-6,8-11,16H,4,7,12-14H2,(H,23,24). The smallest absolute Gasteiger partial charge is 0.335 e. The average molecular weight is 323 g/mol. The zero-order chi connectivity index (χ0) is 16.9. The summed E-state index contributed by atoms with van der Waals surface area (Å²) in [7, 11) is 0. The maximum absolute atomic E-state index is 12.7. The molecule has 1 unspecified atom stereocenters. The predicted molar refractivity (Wildman–Crippen MR) is 92.3 cm³/mol. The molecule has 4 nitrogen and oxygen atoms in total. The van der Waals surface area contributed by atoms with Crippen LogP contribution in [0.1, 0.15) is 51.5 Å². The third-order valence-corrected chi connectivity index (χ3v) is 4.67. The van der Waals surface area contributed by atoms with E-state index in [4.69, 9.17) is 5.11 Å². The topological polar surface area (TPSA) is 57.6 Å². The van der Waals surface area contributed by atoms with Crippen LogP contribution in [0.3, 0.4) is 0 Å². The normalized spacial score (nSPS) is 18.0. The molecule has 1 aliphatic heterocycles. The van der Waals surface area contributed by atoms with Crippen LogP contribution >= 0.6 is 0 Å². The van der Waals surface area contributed by atoms with E-state index in [1.54, 1.807) is 12.1 Å². The quantitative estimate of drug-likeness (QED) is 0.935. The van der Waals surface area contributed by atoms with E-state index >= 15 is 0 Å². The summed E-state index contributed by atoms with van der Waals surface area (Å²) in [4.78, 5) is 25.4. The van der Waals surface area contributed by atoms with Crippen LogP contribution in [0.4, 0.5) is 0 Å². The minimum atomic E-state index is -0.977.